The Kier molecular flexibility index (Phi) is 5.82. The monoisotopic (exact) mass is 356 g/mol. The van der Waals surface area contributed by atoms with E-state index in [4.69, 9.17) is 5.73 Å². The topological polar surface area (TPSA) is 29.3 Å². The summed E-state index contributed by atoms with van der Waals surface area (Å²) in [6.07, 6.45) is 1.99. The first-order chi connectivity index (χ1) is 9.49. The SMILES string of the molecule is CCC(N)Cc1ccc(Br)cc1N1CC(C)SC(C)C1. The molecule has 1 heterocycles. The molecule has 4 heteroatoms. The average molecular weight is 357 g/mol. The lowest BCUT2D eigenvalue weighted by Gasteiger charge is -2.37. The predicted octanol–water partition coefficient (Wildman–Crippen LogP) is 4.06. The Morgan fingerprint density at radius 2 is 2.00 bits per heavy atom. The summed E-state index contributed by atoms with van der Waals surface area (Å²) in [5.41, 5.74) is 8.91. The fraction of sp³-hybridized carbons (Fsp3) is 0.625. The van der Waals surface area contributed by atoms with Crippen LogP contribution in [0.25, 0.3) is 0 Å². The molecule has 3 unspecified atom stereocenters. The molecule has 3 atom stereocenters. The molecule has 0 aromatic heterocycles. The van der Waals surface area contributed by atoms with Gasteiger partial charge in [0.25, 0.3) is 0 Å². The van der Waals surface area contributed by atoms with E-state index in [0.29, 0.717) is 10.5 Å². The van der Waals surface area contributed by atoms with Gasteiger partial charge in [-0.05, 0) is 30.5 Å². The van der Waals surface area contributed by atoms with Crippen LogP contribution < -0.4 is 10.6 Å². The summed E-state index contributed by atoms with van der Waals surface area (Å²) in [6.45, 7) is 9.05. The quantitative estimate of drug-likeness (QED) is 0.881. The molecule has 112 valence electrons. The van der Waals surface area contributed by atoms with Crippen LogP contribution in [0.15, 0.2) is 22.7 Å². The van der Waals surface area contributed by atoms with E-state index >= 15 is 0 Å². The molecule has 0 aliphatic carbocycles. The number of nitrogens with zero attached hydrogens (tertiary/aromatic N) is 1. The molecular formula is C16H25BrN2S. The maximum atomic E-state index is 6.16. The second-order valence-corrected chi connectivity index (χ2v) is 8.61. The van der Waals surface area contributed by atoms with Gasteiger partial charge in [-0.2, -0.15) is 11.8 Å². The molecule has 20 heavy (non-hydrogen) atoms. The van der Waals surface area contributed by atoms with Gasteiger partial charge in [0.2, 0.25) is 0 Å². The van der Waals surface area contributed by atoms with Crippen LogP contribution in [-0.4, -0.2) is 29.6 Å². The molecule has 0 radical (unpaired) electrons. The average Bonchev–Trinajstić information content (AvgIpc) is 2.39. The third kappa shape index (κ3) is 4.15. The van der Waals surface area contributed by atoms with Crippen molar-refractivity contribution in [2.45, 2.75) is 50.2 Å². The van der Waals surface area contributed by atoms with Gasteiger partial charge in [0, 0.05) is 39.8 Å². The van der Waals surface area contributed by atoms with Gasteiger partial charge in [-0.15, -0.1) is 0 Å². The van der Waals surface area contributed by atoms with Crippen molar-refractivity contribution in [3.63, 3.8) is 0 Å². The molecule has 0 spiro atoms. The fourth-order valence-corrected chi connectivity index (χ4v) is 4.48. The largest absolute Gasteiger partial charge is 0.369 e. The molecule has 2 nitrogen and oxygen atoms in total. The van der Waals surface area contributed by atoms with Gasteiger partial charge >= 0.3 is 0 Å². The van der Waals surface area contributed by atoms with Crippen molar-refractivity contribution in [2.75, 3.05) is 18.0 Å². The molecule has 0 amide bonds. The second-order valence-electron chi connectivity index (χ2n) is 5.81. The number of thioether (sulfide) groups is 1. The van der Waals surface area contributed by atoms with Crippen LogP contribution in [0.2, 0.25) is 0 Å². The molecule has 2 N–H and O–H groups in total. The van der Waals surface area contributed by atoms with Crippen LogP contribution >= 0.6 is 27.7 Å². The van der Waals surface area contributed by atoms with Crippen LogP contribution in [-0.2, 0) is 6.42 Å². The molecule has 0 saturated carbocycles. The molecule has 1 aromatic rings. The highest BCUT2D eigenvalue weighted by Crippen LogP contribution is 2.32. The van der Waals surface area contributed by atoms with Crippen molar-refractivity contribution in [2.24, 2.45) is 5.73 Å². The smallest absolute Gasteiger partial charge is 0.0411 e. The van der Waals surface area contributed by atoms with E-state index in [9.17, 15) is 0 Å². The van der Waals surface area contributed by atoms with E-state index in [0.717, 1.165) is 30.4 Å². The Hall–Kier alpha value is -0.190. The van der Waals surface area contributed by atoms with Crippen LogP contribution in [0.5, 0.6) is 0 Å². The number of rotatable bonds is 4. The minimum atomic E-state index is 0.254. The minimum Gasteiger partial charge on any atom is -0.369 e. The Morgan fingerprint density at radius 1 is 1.35 bits per heavy atom. The van der Waals surface area contributed by atoms with Crippen molar-refractivity contribution in [3.05, 3.63) is 28.2 Å². The summed E-state index contributed by atoms with van der Waals surface area (Å²) < 4.78 is 1.15. The van der Waals surface area contributed by atoms with E-state index in [-0.39, 0.29) is 6.04 Å². The molecule has 1 saturated heterocycles. The lowest BCUT2D eigenvalue weighted by molar-refractivity contribution is 0.641. The molecule has 1 aromatic carbocycles. The highest BCUT2D eigenvalue weighted by atomic mass is 79.9. The van der Waals surface area contributed by atoms with Crippen molar-refractivity contribution >= 4 is 33.4 Å². The van der Waals surface area contributed by atoms with Gasteiger partial charge in [-0.1, -0.05) is 42.8 Å². The summed E-state index contributed by atoms with van der Waals surface area (Å²) >= 11 is 5.70. The molecule has 1 aliphatic rings. The number of hydrogen-bond donors (Lipinski definition) is 1. The van der Waals surface area contributed by atoms with Gasteiger partial charge in [-0.3, -0.25) is 0 Å². The normalized spacial score (nSPS) is 24.8. The summed E-state index contributed by atoms with van der Waals surface area (Å²) in [5.74, 6) is 0. The lowest BCUT2D eigenvalue weighted by atomic mass is 10.0. The maximum Gasteiger partial charge on any atom is 0.0411 e. The molecule has 1 fully saturated rings. The van der Waals surface area contributed by atoms with E-state index in [2.05, 4.69) is 71.6 Å². The van der Waals surface area contributed by atoms with Gasteiger partial charge in [0.1, 0.15) is 0 Å². The third-order valence-electron chi connectivity index (χ3n) is 3.81. The zero-order valence-corrected chi connectivity index (χ0v) is 15.0. The Morgan fingerprint density at radius 3 is 2.60 bits per heavy atom. The minimum absolute atomic E-state index is 0.254. The Bertz CT molecular complexity index is 442. The standard InChI is InChI=1S/C16H25BrN2S/c1-4-15(18)7-13-5-6-14(17)8-16(13)19-9-11(2)20-12(3)10-19/h5-6,8,11-12,15H,4,7,9-10,18H2,1-3H3. The number of anilines is 1. The first-order valence-corrected chi connectivity index (χ1v) is 9.17. The van der Waals surface area contributed by atoms with E-state index in [1.807, 2.05) is 0 Å². The predicted molar refractivity (Wildman–Crippen MR) is 94.8 cm³/mol. The number of benzene rings is 1. The van der Waals surface area contributed by atoms with Gasteiger partial charge in [0.15, 0.2) is 0 Å². The van der Waals surface area contributed by atoms with Crippen LogP contribution in [0.3, 0.4) is 0 Å². The Balaban J connectivity index is 2.26. The maximum absolute atomic E-state index is 6.16. The number of nitrogens with two attached hydrogens (primary N) is 1. The lowest BCUT2D eigenvalue weighted by Crippen LogP contribution is -2.41. The van der Waals surface area contributed by atoms with Gasteiger partial charge in [0.05, 0.1) is 0 Å². The zero-order valence-electron chi connectivity index (χ0n) is 12.6. The first kappa shape index (κ1) is 16.2. The highest BCUT2D eigenvalue weighted by molar-refractivity contribution is 9.10. The van der Waals surface area contributed by atoms with E-state index in [1.54, 1.807) is 0 Å². The van der Waals surface area contributed by atoms with Crippen LogP contribution in [0.4, 0.5) is 5.69 Å². The highest BCUT2D eigenvalue weighted by Gasteiger charge is 2.24. The Labute approximate surface area is 135 Å². The van der Waals surface area contributed by atoms with Crippen LogP contribution in [0, 0.1) is 0 Å². The van der Waals surface area contributed by atoms with Crippen LogP contribution in [0.1, 0.15) is 32.8 Å². The summed E-state index contributed by atoms with van der Waals surface area (Å²) in [5, 5.41) is 1.37. The molecule has 2 rings (SSSR count). The van der Waals surface area contributed by atoms with Gasteiger partial charge < -0.3 is 10.6 Å². The van der Waals surface area contributed by atoms with Gasteiger partial charge in [-0.25, -0.2) is 0 Å². The fourth-order valence-electron chi connectivity index (χ4n) is 2.81. The zero-order chi connectivity index (χ0) is 14.7. The number of hydrogen-bond acceptors (Lipinski definition) is 3. The molecular weight excluding hydrogens is 332 g/mol. The molecule has 1 aliphatic heterocycles. The molecule has 0 bridgehead atoms. The summed E-state index contributed by atoms with van der Waals surface area (Å²) in [7, 11) is 0. The number of halogens is 1. The summed E-state index contributed by atoms with van der Waals surface area (Å²) in [4.78, 5) is 2.54. The third-order valence-corrected chi connectivity index (χ3v) is 5.53. The van der Waals surface area contributed by atoms with Crippen molar-refractivity contribution in [1.82, 2.24) is 0 Å². The van der Waals surface area contributed by atoms with Crippen molar-refractivity contribution < 1.29 is 0 Å². The van der Waals surface area contributed by atoms with Crippen molar-refractivity contribution in [3.8, 4) is 0 Å². The van der Waals surface area contributed by atoms with Crippen molar-refractivity contribution in [1.29, 1.82) is 0 Å². The van der Waals surface area contributed by atoms with E-state index < -0.39 is 0 Å². The summed E-state index contributed by atoms with van der Waals surface area (Å²) in [6, 6.07) is 6.87. The second kappa shape index (κ2) is 7.19. The van der Waals surface area contributed by atoms with E-state index in [1.165, 1.54) is 11.3 Å². The first-order valence-electron chi connectivity index (χ1n) is 7.44.